The lowest BCUT2D eigenvalue weighted by atomic mass is 10.0. The molecule has 0 aromatic heterocycles. The van der Waals surface area contributed by atoms with E-state index in [0.29, 0.717) is 12.3 Å². The van der Waals surface area contributed by atoms with Gasteiger partial charge in [-0.15, -0.1) is 0 Å². The summed E-state index contributed by atoms with van der Waals surface area (Å²) >= 11 is 0. The van der Waals surface area contributed by atoms with Crippen LogP contribution in [0.5, 0.6) is 0 Å². The van der Waals surface area contributed by atoms with Crippen LogP contribution in [0.25, 0.3) is 0 Å². The average molecular weight is 439 g/mol. The first-order valence-electron chi connectivity index (χ1n) is 11.3. The van der Waals surface area contributed by atoms with Crippen LogP contribution in [0.4, 0.5) is 0 Å². The van der Waals surface area contributed by atoms with Crippen molar-refractivity contribution in [1.82, 2.24) is 0 Å². The lowest BCUT2D eigenvalue weighted by Gasteiger charge is -2.29. The summed E-state index contributed by atoms with van der Waals surface area (Å²) in [7, 11) is -4.83. The van der Waals surface area contributed by atoms with E-state index in [-0.39, 0.29) is 6.61 Å². The zero-order chi connectivity index (χ0) is 23.0. The highest BCUT2D eigenvalue weighted by Gasteiger charge is 2.02. The maximum absolute atomic E-state index is 10.4. The van der Waals surface area contributed by atoms with E-state index in [9.17, 15) is 14.4 Å². The van der Waals surface area contributed by atoms with Gasteiger partial charge in [0.05, 0.1) is 14.4 Å². The highest BCUT2D eigenvalue weighted by Crippen LogP contribution is 2.25. The first-order chi connectivity index (χ1) is 14.0. The van der Waals surface area contributed by atoms with Gasteiger partial charge in [0, 0.05) is 0 Å². The van der Waals surface area contributed by atoms with Gasteiger partial charge in [-0.2, -0.15) is 0 Å². The molecule has 30 heavy (non-hydrogen) atoms. The molecule has 0 aromatic carbocycles. The molecule has 1 atom stereocenters. The highest BCUT2D eigenvalue weighted by atomic mass is 31.2. The van der Waals surface area contributed by atoms with Crippen molar-refractivity contribution in [3.8, 4) is 0 Å². The molecule has 0 N–H and O–H groups in total. The Morgan fingerprint density at radius 2 is 1.20 bits per heavy atom. The molecule has 0 bridgehead atoms. The van der Waals surface area contributed by atoms with Crippen LogP contribution < -0.4 is 9.79 Å². The Balaban J connectivity index is 4.00. The predicted octanol–water partition coefficient (Wildman–Crippen LogP) is 6.78. The van der Waals surface area contributed by atoms with Crippen molar-refractivity contribution < 1.29 is 18.9 Å². The lowest BCUT2D eigenvalue weighted by molar-refractivity contribution is -0.341. The van der Waals surface area contributed by atoms with Crippen molar-refractivity contribution >= 4 is 7.82 Å². The molecule has 5 heteroatoms. The van der Waals surface area contributed by atoms with Gasteiger partial charge in [-0.25, -0.2) is 0 Å². The largest absolute Gasteiger partial charge is 0.790 e. The summed E-state index contributed by atoms with van der Waals surface area (Å²) in [5.41, 5.74) is 5.72. The second-order valence-corrected chi connectivity index (χ2v) is 9.95. The number of rotatable bonds is 16. The standard InChI is InChI=1S/C25H45O4P/c1-21(2)11-7-12-22(3)13-8-14-23(4)15-9-16-24(5)17-10-18-25(6)19-20-29-30(26,27)28/h11,13,15,17,25H,7-10,12,14,16,18-20H2,1-6H3,(H2,26,27,28)/p-2/b22-13+,23-15+,24-17-. The number of hydrogen-bond acceptors (Lipinski definition) is 4. The molecule has 0 heterocycles. The van der Waals surface area contributed by atoms with Crippen molar-refractivity contribution in [3.63, 3.8) is 0 Å². The number of phosphoric acid groups is 1. The smallest absolute Gasteiger partial charge is 0.0596 e. The monoisotopic (exact) mass is 438 g/mol. The maximum Gasteiger partial charge on any atom is 0.0596 e. The van der Waals surface area contributed by atoms with Gasteiger partial charge in [-0.05, 0) is 98.3 Å². The molecule has 0 radical (unpaired) electrons. The van der Waals surface area contributed by atoms with E-state index < -0.39 is 7.82 Å². The van der Waals surface area contributed by atoms with Crippen LogP contribution in [0, 0.1) is 5.92 Å². The molecule has 0 fully saturated rings. The molecule has 0 rings (SSSR count). The first-order valence-corrected chi connectivity index (χ1v) is 12.7. The minimum atomic E-state index is -4.83. The summed E-state index contributed by atoms with van der Waals surface area (Å²) < 4.78 is 14.7. The number of allylic oxidation sites excluding steroid dienone is 8. The summed E-state index contributed by atoms with van der Waals surface area (Å²) in [6.07, 6.45) is 18.5. The molecular weight excluding hydrogens is 395 g/mol. The Kier molecular flexibility index (Phi) is 16.2. The molecule has 174 valence electrons. The third-order valence-corrected chi connectivity index (χ3v) is 5.67. The van der Waals surface area contributed by atoms with E-state index in [1.165, 1.54) is 22.3 Å². The van der Waals surface area contributed by atoms with Gasteiger partial charge < -0.3 is 18.9 Å². The van der Waals surface area contributed by atoms with Crippen molar-refractivity contribution in [2.75, 3.05) is 6.61 Å². The Labute approximate surface area is 185 Å². The summed E-state index contributed by atoms with van der Waals surface area (Å²) in [5, 5.41) is 0. The SMILES string of the molecule is CC(C)=CCC/C(C)=C/CC/C(C)=C/CC/C(C)=C\CCC(C)CCOP(=O)([O-])[O-]. The zero-order valence-corrected chi connectivity index (χ0v) is 20.9. The Hall–Kier alpha value is -0.930. The fraction of sp³-hybridized carbons (Fsp3) is 0.680. The topological polar surface area (TPSA) is 72.4 Å². The number of phosphoric ester groups is 1. The summed E-state index contributed by atoms with van der Waals surface area (Å²) in [4.78, 5) is 20.9. The zero-order valence-electron chi connectivity index (χ0n) is 20.0. The van der Waals surface area contributed by atoms with E-state index in [1.54, 1.807) is 0 Å². The van der Waals surface area contributed by atoms with Gasteiger partial charge in [0.25, 0.3) is 0 Å². The molecule has 0 aliphatic rings. The molecule has 4 nitrogen and oxygen atoms in total. The third-order valence-electron chi connectivity index (χ3n) is 5.17. The van der Waals surface area contributed by atoms with Crippen molar-refractivity contribution in [1.29, 1.82) is 0 Å². The van der Waals surface area contributed by atoms with E-state index in [2.05, 4.69) is 70.4 Å². The van der Waals surface area contributed by atoms with E-state index in [0.717, 1.165) is 51.4 Å². The van der Waals surface area contributed by atoms with Gasteiger partial charge in [-0.3, -0.25) is 0 Å². The number of hydrogen-bond donors (Lipinski definition) is 0. The highest BCUT2D eigenvalue weighted by molar-refractivity contribution is 7.43. The van der Waals surface area contributed by atoms with E-state index in [1.807, 2.05) is 0 Å². The fourth-order valence-electron chi connectivity index (χ4n) is 3.11. The van der Waals surface area contributed by atoms with Gasteiger partial charge in [0.15, 0.2) is 0 Å². The van der Waals surface area contributed by atoms with Crippen LogP contribution in [0.3, 0.4) is 0 Å². The summed E-state index contributed by atoms with van der Waals surface area (Å²) in [6, 6.07) is 0. The molecule has 0 aromatic rings. The molecule has 0 saturated heterocycles. The van der Waals surface area contributed by atoms with Crippen LogP contribution in [-0.4, -0.2) is 6.61 Å². The van der Waals surface area contributed by atoms with Crippen molar-refractivity contribution in [2.45, 2.75) is 99.3 Å². The van der Waals surface area contributed by atoms with Crippen LogP contribution >= 0.6 is 7.82 Å². The third kappa shape index (κ3) is 20.3. The molecule has 0 spiro atoms. The van der Waals surface area contributed by atoms with Gasteiger partial charge in [0.2, 0.25) is 0 Å². The fourth-order valence-corrected chi connectivity index (χ4v) is 3.44. The van der Waals surface area contributed by atoms with Crippen molar-refractivity contribution in [2.24, 2.45) is 5.92 Å². The lowest BCUT2D eigenvalue weighted by Crippen LogP contribution is -2.17. The van der Waals surface area contributed by atoms with Crippen LogP contribution in [-0.2, 0) is 9.09 Å². The Morgan fingerprint density at radius 1 is 0.767 bits per heavy atom. The molecule has 1 unspecified atom stereocenters. The average Bonchev–Trinajstić information content (AvgIpc) is 2.60. The second kappa shape index (κ2) is 16.7. The molecule has 0 aliphatic carbocycles. The molecule has 0 aliphatic heterocycles. The van der Waals surface area contributed by atoms with Gasteiger partial charge in [0.1, 0.15) is 0 Å². The van der Waals surface area contributed by atoms with Crippen LogP contribution in [0.2, 0.25) is 0 Å². The Bertz CT molecular complexity index is 634. The Morgan fingerprint density at radius 3 is 1.63 bits per heavy atom. The normalized spacial score (nSPS) is 14.7. The second-order valence-electron chi connectivity index (χ2n) is 8.80. The summed E-state index contributed by atoms with van der Waals surface area (Å²) in [6.45, 7) is 13.0. The van der Waals surface area contributed by atoms with Gasteiger partial charge >= 0.3 is 0 Å². The van der Waals surface area contributed by atoms with Crippen LogP contribution in [0.1, 0.15) is 99.3 Å². The molecule has 0 amide bonds. The molecular formula is C25H43O4P-2. The maximum atomic E-state index is 10.4. The minimum Gasteiger partial charge on any atom is -0.790 e. The summed E-state index contributed by atoms with van der Waals surface area (Å²) in [5.74, 6) is 0.335. The predicted molar refractivity (Wildman–Crippen MR) is 125 cm³/mol. The van der Waals surface area contributed by atoms with E-state index >= 15 is 0 Å². The van der Waals surface area contributed by atoms with Crippen LogP contribution in [0.15, 0.2) is 46.6 Å². The van der Waals surface area contributed by atoms with Gasteiger partial charge in [-0.1, -0.05) is 53.5 Å². The minimum absolute atomic E-state index is 0.0115. The van der Waals surface area contributed by atoms with Crippen molar-refractivity contribution in [3.05, 3.63) is 46.6 Å². The van der Waals surface area contributed by atoms with E-state index in [4.69, 9.17) is 0 Å². The first kappa shape index (κ1) is 29.1. The molecule has 0 saturated carbocycles. The quantitative estimate of drug-likeness (QED) is 0.197.